The molecule has 2 atom stereocenters. The van der Waals surface area contributed by atoms with Gasteiger partial charge in [-0.1, -0.05) is 6.08 Å². The summed E-state index contributed by atoms with van der Waals surface area (Å²) in [5.74, 6) is -59.9. The van der Waals surface area contributed by atoms with Gasteiger partial charge in [0.05, 0.1) is 12.5 Å². The molecule has 36 heavy (non-hydrogen) atoms. The van der Waals surface area contributed by atoms with Crippen LogP contribution in [0.1, 0.15) is 19.3 Å². The van der Waals surface area contributed by atoms with Crippen LogP contribution in [-0.4, -0.2) is 67.1 Å². The van der Waals surface area contributed by atoms with E-state index in [0.29, 0.717) is 0 Å². The summed E-state index contributed by atoms with van der Waals surface area (Å²) in [6.45, 7) is 1.99. The van der Waals surface area contributed by atoms with Crippen molar-refractivity contribution in [1.29, 1.82) is 0 Å². The zero-order valence-electron chi connectivity index (χ0n) is 17.2. The summed E-state index contributed by atoms with van der Waals surface area (Å²) in [4.78, 5) is 0. The first-order chi connectivity index (χ1) is 15.8. The van der Waals surface area contributed by atoms with Crippen LogP contribution in [0.15, 0.2) is 12.7 Å². The van der Waals surface area contributed by atoms with Crippen molar-refractivity contribution in [3.8, 4) is 0 Å². The van der Waals surface area contributed by atoms with E-state index in [0.717, 1.165) is 6.08 Å². The number of hydrogen-bond donors (Lipinski definition) is 0. The second-order valence-electron chi connectivity index (χ2n) is 7.50. The van der Waals surface area contributed by atoms with E-state index in [1.165, 1.54) is 0 Å². The Labute approximate surface area is 190 Å². The molecule has 0 aliphatic carbocycles. The number of ether oxygens (including phenoxy) is 2. The monoisotopic (exact) mass is 574 g/mol. The Balaban J connectivity index is 3.57. The minimum atomic E-state index is -8.65. The zero-order valence-corrected chi connectivity index (χ0v) is 17.2. The van der Waals surface area contributed by atoms with Gasteiger partial charge in [-0.25, -0.2) is 0 Å². The van der Waals surface area contributed by atoms with Crippen molar-refractivity contribution >= 4 is 0 Å². The van der Waals surface area contributed by atoms with Crippen molar-refractivity contribution in [2.24, 2.45) is 5.92 Å². The SMILES string of the molecule is C=CCCO[C@H]1OCCC[C@H]1C(F)(F)C(F)(F)C(F)(F)C(F)(F)C(F)(F)C(F)(F)C(F)(F)C(F)(F)F. The maximum Gasteiger partial charge on any atom is 0.460 e. The summed E-state index contributed by atoms with van der Waals surface area (Å²) in [5.41, 5.74) is 0. The molecule has 0 radical (unpaired) electrons. The Morgan fingerprint density at radius 3 is 1.50 bits per heavy atom. The van der Waals surface area contributed by atoms with E-state index in [2.05, 4.69) is 16.1 Å². The largest absolute Gasteiger partial charge is 0.460 e. The second kappa shape index (κ2) is 9.65. The van der Waals surface area contributed by atoms with Crippen LogP contribution in [0.3, 0.4) is 0 Å². The van der Waals surface area contributed by atoms with Gasteiger partial charge in [-0.3, -0.25) is 0 Å². The number of hydrogen-bond acceptors (Lipinski definition) is 2. The third kappa shape index (κ3) is 4.62. The fourth-order valence-corrected chi connectivity index (χ4v) is 2.95. The molecule has 0 N–H and O–H groups in total. The smallest absolute Gasteiger partial charge is 0.352 e. The van der Waals surface area contributed by atoms with E-state index >= 15 is 0 Å². The lowest BCUT2D eigenvalue weighted by Crippen LogP contribution is -2.75. The standard InChI is InChI=1S/C17H15F17O2/c1-2-3-6-35-9-8(5-4-7-36-9)10(18,19)11(20,21)12(22,23)13(24,25)14(26,27)15(28,29)16(30,31)17(32,33)34/h2,8-9H,1,3-7H2/t8-,9+/m1/s1. The molecule has 1 saturated heterocycles. The van der Waals surface area contributed by atoms with Gasteiger partial charge in [0, 0.05) is 6.61 Å². The molecule has 1 rings (SSSR count). The van der Waals surface area contributed by atoms with Crippen molar-refractivity contribution in [3.05, 3.63) is 12.7 Å². The molecule has 1 heterocycles. The van der Waals surface area contributed by atoms with E-state index in [1.54, 1.807) is 0 Å². The van der Waals surface area contributed by atoms with E-state index in [-0.39, 0.29) is 6.42 Å². The van der Waals surface area contributed by atoms with Crippen molar-refractivity contribution in [1.82, 2.24) is 0 Å². The molecule has 0 saturated carbocycles. The Morgan fingerprint density at radius 2 is 1.08 bits per heavy atom. The van der Waals surface area contributed by atoms with Crippen molar-refractivity contribution in [3.63, 3.8) is 0 Å². The minimum absolute atomic E-state index is 0.183. The number of alkyl halides is 17. The zero-order chi connectivity index (χ0) is 28.8. The van der Waals surface area contributed by atoms with Gasteiger partial charge < -0.3 is 9.47 Å². The van der Waals surface area contributed by atoms with Crippen LogP contribution in [0, 0.1) is 5.92 Å². The lowest BCUT2D eigenvalue weighted by Gasteiger charge is -2.45. The molecule has 214 valence electrons. The van der Waals surface area contributed by atoms with Crippen molar-refractivity contribution in [2.75, 3.05) is 13.2 Å². The Morgan fingerprint density at radius 1 is 0.667 bits per heavy atom. The number of rotatable bonds is 11. The summed E-state index contributed by atoms with van der Waals surface area (Å²) in [5, 5.41) is 0. The molecule has 1 aliphatic rings. The van der Waals surface area contributed by atoms with Gasteiger partial charge in [0.1, 0.15) is 0 Å². The molecule has 1 fully saturated rings. The molecule has 0 unspecified atom stereocenters. The Bertz CT molecular complexity index is 774. The van der Waals surface area contributed by atoms with Gasteiger partial charge in [-0.2, -0.15) is 74.6 Å². The maximum absolute atomic E-state index is 14.5. The van der Waals surface area contributed by atoms with Gasteiger partial charge in [-0.15, -0.1) is 6.58 Å². The van der Waals surface area contributed by atoms with Crippen molar-refractivity contribution < 1.29 is 84.1 Å². The summed E-state index contributed by atoms with van der Waals surface area (Å²) in [6, 6.07) is 0. The molecular formula is C17H15F17O2. The first kappa shape index (κ1) is 32.5. The highest BCUT2D eigenvalue weighted by Gasteiger charge is 2.95. The van der Waals surface area contributed by atoms with E-state index in [1.807, 2.05) is 0 Å². The highest BCUT2D eigenvalue weighted by atomic mass is 19.4. The third-order valence-electron chi connectivity index (χ3n) is 5.09. The molecular weight excluding hydrogens is 559 g/mol. The summed E-state index contributed by atoms with van der Waals surface area (Å²) >= 11 is 0. The molecule has 0 aromatic rings. The van der Waals surface area contributed by atoms with Crippen LogP contribution >= 0.6 is 0 Å². The average molecular weight is 574 g/mol. The normalized spacial score (nSPS) is 22.0. The van der Waals surface area contributed by atoms with Crippen LogP contribution in [0.4, 0.5) is 74.6 Å². The molecule has 1 aliphatic heterocycles. The molecule has 0 aromatic carbocycles. The van der Waals surface area contributed by atoms with Crippen LogP contribution < -0.4 is 0 Å². The van der Waals surface area contributed by atoms with Gasteiger partial charge in [0.15, 0.2) is 6.29 Å². The lowest BCUT2D eigenvalue weighted by molar-refractivity contribution is -0.465. The predicted octanol–water partition coefficient (Wildman–Crippen LogP) is 7.34. The summed E-state index contributed by atoms with van der Waals surface area (Å²) in [6.07, 6.45) is -11.3. The average Bonchev–Trinajstić information content (AvgIpc) is 2.72. The van der Waals surface area contributed by atoms with Gasteiger partial charge in [-0.05, 0) is 19.3 Å². The highest BCUT2D eigenvalue weighted by molar-refractivity contribution is 5.16. The molecule has 0 bridgehead atoms. The lowest BCUT2D eigenvalue weighted by atomic mass is 9.82. The Kier molecular flexibility index (Phi) is 8.71. The number of halogens is 17. The summed E-state index contributed by atoms with van der Waals surface area (Å²) in [7, 11) is 0. The van der Waals surface area contributed by atoms with Crippen LogP contribution in [0.25, 0.3) is 0 Å². The molecule has 0 spiro atoms. The quantitative estimate of drug-likeness (QED) is 0.146. The first-order valence-electron chi connectivity index (χ1n) is 9.36. The second-order valence-corrected chi connectivity index (χ2v) is 7.50. The van der Waals surface area contributed by atoms with Crippen LogP contribution in [0.2, 0.25) is 0 Å². The Hall–Kier alpha value is -1.53. The fourth-order valence-electron chi connectivity index (χ4n) is 2.95. The van der Waals surface area contributed by atoms with E-state index < -0.39 is 85.9 Å². The van der Waals surface area contributed by atoms with Crippen molar-refractivity contribution in [2.45, 2.75) is 73.2 Å². The third-order valence-corrected chi connectivity index (χ3v) is 5.09. The van der Waals surface area contributed by atoms with E-state index in [4.69, 9.17) is 0 Å². The highest BCUT2D eigenvalue weighted by Crippen LogP contribution is 2.65. The maximum atomic E-state index is 14.5. The van der Waals surface area contributed by atoms with Gasteiger partial charge >= 0.3 is 47.6 Å². The fraction of sp³-hybridized carbons (Fsp3) is 0.882. The summed E-state index contributed by atoms with van der Waals surface area (Å²) < 4.78 is 237. The van der Waals surface area contributed by atoms with Crippen LogP contribution in [-0.2, 0) is 9.47 Å². The van der Waals surface area contributed by atoms with Gasteiger partial charge in [0.2, 0.25) is 0 Å². The van der Waals surface area contributed by atoms with Crippen LogP contribution in [0.5, 0.6) is 0 Å². The van der Waals surface area contributed by atoms with Gasteiger partial charge in [0.25, 0.3) is 0 Å². The minimum Gasteiger partial charge on any atom is -0.352 e. The molecule has 2 nitrogen and oxygen atoms in total. The first-order valence-corrected chi connectivity index (χ1v) is 9.36. The van der Waals surface area contributed by atoms with E-state index in [9.17, 15) is 74.6 Å². The predicted molar refractivity (Wildman–Crippen MR) is 83.9 cm³/mol. The molecule has 19 heteroatoms. The topological polar surface area (TPSA) is 18.5 Å². The molecule has 0 amide bonds. The molecule has 0 aromatic heterocycles.